The Morgan fingerprint density at radius 1 is 1.26 bits per heavy atom. The molecule has 2 N–H and O–H groups in total. The molecule has 0 aliphatic carbocycles. The van der Waals surface area contributed by atoms with Crippen molar-refractivity contribution in [2.75, 3.05) is 13.1 Å². The molecule has 0 radical (unpaired) electrons. The summed E-state index contributed by atoms with van der Waals surface area (Å²) in [6.45, 7) is 2.37. The number of nitrogens with zero attached hydrogens (tertiary/aromatic N) is 4. The normalized spacial score (nSPS) is 23.8. The van der Waals surface area contributed by atoms with Crippen molar-refractivity contribution >= 4 is 0 Å². The number of imidazole rings is 1. The fraction of sp³-hybridized carbons (Fsp3) is 0.462. The quantitative estimate of drug-likeness (QED) is 0.822. The van der Waals surface area contributed by atoms with Gasteiger partial charge >= 0.3 is 0 Å². The highest BCUT2D eigenvalue weighted by Gasteiger charge is 2.31. The summed E-state index contributed by atoms with van der Waals surface area (Å²) in [5.41, 5.74) is 2.02. The maximum absolute atomic E-state index is 10.1. The van der Waals surface area contributed by atoms with Crippen LogP contribution in [-0.4, -0.2) is 49.1 Å². The van der Waals surface area contributed by atoms with Crippen LogP contribution in [0.1, 0.15) is 11.4 Å². The summed E-state index contributed by atoms with van der Waals surface area (Å²) in [6, 6.07) is 0. The van der Waals surface area contributed by atoms with Gasteiger partial charge in [0.05, 0.1) is 18.1 Å². The molecule has 19 heavy (non-hydrogen) atoms. The van der Waals surface area contributed by atoms with Gasteiger partial charge in [0.25, 0.3) is 0 Å². The SMILES string of the molecule is O[C@@H]1CN(Cc2cnc[nH]2)C[C@H]1Cc1cnccn1. The van der Waals surface area contributed by atoms with Crippen molar-refractivity contribution in [3.05, 3.63) is 42.5 Å². The first-order chi connectivity index (χ1) is 9.31. The van der Waals surface area contributed by atoms with Crippen molar-refractivity contribution in [2.24, 2.45) is 5.92 Å². The molecule has 0 spiro atoms. The number of aromatic nitrogens is 4. The lowest BCUT2D eigenvalue weighted by Crippen LogP contribution is -2.21. The van der Waals surface area contributed by atoms with Gasteiger partial charge in [-0.25, -0.2) is 4.98 Å². The first-order valence-corrected chi connectivity index (χ1v) is 6.44. The Kier molecular flexibility index (Phi) is 3.52. The number of likely N-dealkylation sites (tertiary alicyclic amines) is 1. The molecule has 100 valence electrons. The van der Waals surface area contributed by atoms with Crippen LogP contribution in [0.3, 0.4) is 0 Å². The zero-order chi connectivity index (χ0) is 13.1. The molecule has 0 aromatic carbocycles. The average Bonchev–Trinajstić information content (AvgIpc) is 3.02. The second kappa shape index (κ2) is 5.46. The summed E-state index contributed by atoms with van der Waals surface area (Å²) in [4.78, 5) is 17.7. The predicted molar refractivity (Wildman–Crippen MR) is 69.1 cm³/mol. The van der Waals surface area contributed by atoms with Crippen LogP contribution in [0.4, 0.5) is 0 Å². The molecule has 1 saturated heterocycles. The van der Waals surface area contributed by atoms with Crippen LogP contribution >= 0.6 is 0 Å². The molecule has 1 fully saturated rings. The molecule has 2 atom stereocenters. The van der Waals surface area contributed by atoms with Crippen molar-refractivity contribution in [2.45, 2.75) is 19.1 Å². The third kappa shape index (κ3) is 2.97. The first-order valence-electron chi connectivity index (χ1n) is 6.44. The van der Waals surface area contributed by atoms with Crippen LogP contribution in [0.15, 0.2) is 31.1 Å². The van der Waals surface area contributed by atoms with E-state index in [1.54, 1.807) is 24.9 Å². The van der Waals surface area contributed by atoms with Gasteiger partial charge in [0.2, 0.25) is 0 Å². The Morgan fingerprint density at radius 3 is 2.95 bits per heavy atom. The number of H-pyrrole nitrogens is 1. The summed E-state index contributed by atoms with van der Waals surface area (Å²) in [7, 11) is 0. The van der Waals surface area contributed by atoms with E-state index in [1.807, 2.05) is 6.20 Å². The van der Waals surface area contributed by atoms with Gasteiger partial charge in [0, 0.05) is 56.0 Å². The van der Waals surface area contributed by atoms with E-state index in [0.29, 0.717) is 6.54 Å². The lowest BCUT2D eigenvalue weighted by atomic mass is 10.0. The van der Waals surface area contributed by atoms with E-state index >= 15 is 0 Å². The molecule has 0 bridgehead atoms. The molecular formula is C13H17N5O. The molecule has 1 aliphatic heterocycles. The van der Waals surface area contributed by atoms with E-state index in [9.17, 15) is 5.11 Å². The standard InChI is InChI=1S/C13H17N5O/c19-13-8-18(7-12-5-15-9-17-12)6-10(13)3-11-4-14-1-2-16-11/h1-2,4-5,9-10,13,19H,3,6-8H2,(H,15,17)/t10-,13-/m1/s1. The third-order valence-corrected chi connectivity index (χ3v) is 3.52. The highest BCUT2D eigenvalue weighted by molar-refractivity contribution is 5.01. The summed E-state index contributed by atoms with van der Waals surface area (Å²) in [5.74, 6) is 0.222. The number of hydrogen-bond donors (Lipinski definition) is 2. The lowest BCUT2D eigenvalue weighted by Gasteiger charge is -2.14. The van der Waals surface area contributed by atoms with Crippen LogP contribution in [0.5, 0.6) is 0 Å². The number of aliphatic hydroxyl groups is 1. The number of hydrogen-bond acceptors (Lipinski definition) is 5. The highest BCUT2D eigenvalue weighted by Crippen LogP contribution is 2.21. The van der Waals surface area contributed by atoms with Gasteiger partial charge in [-0.05, 0) is 6.42 Å². The molecule has 1 aliphatic rings. The van der Waals surface area contributed by atoms with Crippen LogP contribution in [0, 0.1) is 5.92 Å². The Balaban J connectivity index is 1.59. The molecule has 0 amide bonds. The van der Waals surface area contributed by atoms with E-state index in [4.69, 9.17) is 0 Å². The smallest absolute Gasteiger partial charge is 0.0922 e. The molecular weight excluding hydrogens is 242 g/mol. The maximum atomic E-state index is 10.1. The van der Waals surface area contributed by atoms with Gasteiger partial charge < -0.3 is 10.1 Å². The van der Waals surface area contributed by atoms with Crippen LogP contribution < -0.4 is 0 Å². The molecule has 2 aromatic rings. The van der Waals surface area contributed by atoms with E-state index in [-0.39, 0.29) is 12.0 Å². The Bertz CT molecular complexity index is 501. The zero-order valence-electron chi connectivity index (χ0n) is 10.6. The van der Waals surface area contributed by atoms with Crippen LogP contribution in [0.25, 0.3) is 0 Å². The summed E-state index contributed by atoms with van der Waals surface area (Å²) in [5, 5.41) is 10.1. The number of aromatic amines is 1. The van der Waals surface area contributed by atoms with Gasteiger partial charge in [-0.15, -0.1) is 0 Å². The van der Waals surface area contributed by atoms with Crippen molar-refractivity contribution in [3.8, 4) is 0 Å². The highest BCUT2D eigenvalue weighted by atomic mass is 16.3. The second-order valence-corrected chi connectivity index (χ2v) is 5.00. The average molecular weight is 259 g/mol. The fourth-order valence-corrected chi connectivity index (χ4v) is 2.59. The number of aliphatic hydroxyl groups excluding tert-OH is 1. The van der Waals surface area contributed by atoms with E-state index in [2.05, 4.69) is 24.8 Å². The Hall–Kier alpha value is -1.79. The molecule has 3 heterocycles. The second-order valence-electron chi connectivity index (χ2n) is 5.00. The van der Waals surface area contributed by atoms with E-state index < -0.39 is 0 Å². The molecule has 6 heteroatoms. The first kappa shape index (κ1) is 12.3. The fourth-order valence-electron chi connectivity index (χ4n) is 2.59. The molecule has 0 saturated carbocycles. The Morgan fingerprint density at radius 2 is 2.21 bits per heavy atom. The van der Waals surface area contributed by atoms with Gasteiger partial charge in [-0.1, -0.05) is 0 Å². The van der Waals surface area contributed by atoms with Crippen molar-refractivity contribution in [1.29, 1.82) is 0 Å². The van der Waals surface area contributed by atoms with Crippen molar-refractivity contribution in [3.63, 3.8) is 0 Å². The number of β-amino-alcohol motifs (C(OH)–C–C–N with tert-alkyl or cyclic N) is 1. The van der Waals surface area contributed by atoms with E-state index in [0.717, 1.165) is 30.9 Å². The van der Waals surface area contributed by atoms with Crippen molar-refractivity contribution < 1.29 is 5.11 Å². The van der Waals surface area contributed by atoms with Gasteiger partial charge in [0.15, 0.2) is 0 Å². The van der Waals surface area contributed by atoms with Gasteiger partial charge in [0.1, 0.15) is 0 Å². The summed E-state index contributed by atoms with van der Waals surface area (Å²) in [6.07, 6.45) is 9.10. The minimum atomic E-state index is -0.301. The van der Waals surface area contributed by atoms with E-state index in [1.165, 1.54) is 0 Å². The molecule has 3 rings (SSSR count). The van der Waals surface area contributed by atoms with Crippen LogP contribution in [-0.2, 0) is 13.0 Å². The molecule has 2 aromatic heterocycles. The summed E-state index contributed by atoms with van der Waals surface area (Å²) >= 11 is 0. The third-order valence-electron chi connectivity index (χ3n) is 3.52. The minimum absolute atomic E-state index is 0.222. The van der Waals surface area contributed by atoms with Gasteiger partial charge in [-0.3, -0.25) is 14.9 Å². The predicted octanol–water partition coefficient (Wildman–Crippen LogP) is 0.235. The lowest BCUT2D eigenvalue weighted by molar-refractivity contribution is 0.140. The van der Waals surface area contributed by atoms with Crippen LogP contribution in [0.2, 0.25) is 0 Å². The van der Waals surface area contributed by atoms with Crippen molar-refractivity contribution in [1.82, 2.24) is 24.8 Å². The largest absolute Gasteiger partial charge is 0.391 e. The maximum Gasteiger partial charge on any atom is 0.0922 e. The zero-order valence-corrected chi connectivity index (χ0v) is 10.6. The monoisotopic (exact) mass is 259 g/mol. The topological polar surface area (TPSA) is 77.9 Å². The number of nitrogens with one attached hydrogen (secondary N) is 1. The summed E-state index contributed by atoms with van der Waals surface area (Å²) < 4.78 is 0. The Labute approximate surface area is 111 Å². The van der Waals surface area contributed by atoms with Gasteiger partial charge in [-0.2, -0.15) is 0 Å². The molecule has 6 nitrogen and oxygen atoms in total. The minimum Gasteiger partial charge on any atom is -0.391 e. The number of rotatable bonds is 4. The molecule has 0 unspecified atom stereocenters.